The van der Waals surface area contributed by atoms with Crippen molar-refractivity contribution in [3.8, 4) is 16.9 Å². The highest BCUT2D eigenvalue weighted by Crippen LogP contribution is 2.43. The summed E-state index contributed by atoms with van der Waals surface area (Å²) in [4.78, 5) is 11.4. The molecule has 0 heterocycles. The normalized spacial score (nSPS) is 12.9. The standard InChI is InChI=1S/C26H24O2/c1-18(19(2)27)17-20-11-13-21(14-12-20)28-16-15-26-24-9-5-3-7-22(24)23-8-4-6-10-25(23)26/h3-15,18H,16-17H2,1-2H3. The van der Waals surface area contributed by atoms with Crippen LogP contribution in [0.3, 0.4) is 0 Å². The predicted molar refractivity (Wildman–Crippen MR) is 114 cm³/mol. The number of carbonyl (C=O) groups excluding carboxylic acids is 1. The number of ether oxygens (including phenoxy) is 1. The van der Waals surface area contributed by atoms with E-state index in [0.29, 0.717) is 6.61 Å². The van der Waals surface area contributed by atoms with Crippen LogP contribution in [-0.4, -0.2) is 12.4 Å². The summed E-state index contributed by atoms with van der Waals surface area (Å²) in [6.45, 7) is 4.13. The molecule has 3 aromatic rings. The number of rotatable bonds is 6. The van der Waals surface area contributed by atoms with Crippen molar-refractivity contribution < 1.29 is 9.53 Å². The van der Waals surface area contributed by atoms with E-state index >= 15 is 0 Å². The van der Waals surface area contributed by atoms with Gasteiger partial charge in [-0.05, 0) is 64.9 Å². The SMILES string of the molecule is CC(=O)C(C)Cc1ccc(OCC=C2c3ccccc3-c3ccccc32)cc1. The molecule has 0 fully saturated rings. The quantitative estimate of drug-likeness (QED) is 0.421. The van der Waals surface area contributed by atoms with Crippen LogP contribution in [0.25, 0.3) is 16.7 Å². The number of ketones is 1. The average molecular weight is 368 g/mol. The molecule has 0 saturated carbocycles. The van der Waals surface area contributed by atoms with Gasteiger partial charge in [-0.3, -0.25) is 4.79 Å². The Morgan fingerprint density at radius 3 is 1.93 bits per heavy atom. The molecule has 2 heteroatoms. The Morgan fingerprint density at radius 1 is 0.857 bits per heavy atom. The molecule has 0 aliphatic heterocycles. The topological polar surface area (TPSA) is 26.3 Å². The Kier molecular flexibility index (Phi) is 5.12. The molecular weight excluding hydrogens is 344 g/mol. The van der Waals surface area contributed by atoms with E-state index in [0.717, 1.165) is 17.7 Å². The van der Waals surface area contributed by atoms with Gasteiger partial charge >= 0.3 is 0 Å². The maximum absolute atomic E-state index is 11.4. The molecule has 0 saturated heterocycles. The summed E-state index contributed by atoms with van der Waals surface area (Å²) in [6, 6.07) is 25.1. The number of Topliss-reactive ketones (excluding diaryl/α,β-unsaturated/α-hetero) is 1. The van der Waals surface area contributed by atoms with Crippen LogP contribution in [0.4, 0.5) is 0 Å². The lowest BCUT2D eigenvalue weighted by molar-refractivity contribution is -0.120. The molecule has 140 valence electrons. The fourth-order valence-electron chi connectivity index (χ4n) is 3.71. The number of carbonyl (C=O) groups is 1. The molecular formula is C26H24O2. The summed E-state index contributed by atoms with van der Waals surface area (Å²) < 4.78 is 5.96. The maximum atomic E-state index is 11.4. The van der Waals surface area contributed by atoms with Gasteiger partial charge in [0.2, 0.25) is 0 Å². The molecule has 1 aliphatic rings. The zero-order valence-corrected chi connectivity index (χ0v) is 16.3. The van der Waals surface area contributed by atoms with Gasteiger partial charge in [0, 0.05) is 5.92 Å². The lowest BCUT2D eigenvalue weighted by Crippen LogP contribution is -2.09. The van der Waals surface area contributed by atoms with E-state index in [1.165, 1.54) is 27.8 Å². The summed E-state index contributed by atoms with van der Waals surface area (Å²) in [5.41, 5.74) is 7.49. The van der Waals surface area contributed by atoms with Crippen molar-refractivity contribution in [1.29, 1.82) is 0 Å². The molecule has 3 aromatic carbocycles. The fraction of sp³-hybridized carbons (Fsp3) is 0.192. The Hall–Kier alpha value is -3.13. The largest absolute Gasteiger partial charge is 0.490 e. The van der Waals surface area contributed by atoms with Gasteiger partial charge in [-0.1, -0.05) is 67.6 Å². The van der Waals surface area contributed by atoms with Crippen LogP contribution < -0.4 is 4.74 Å². The Morgan fingerprint density at radius 2 is 1.39 bits per heavy atom. The zero-order chi connectivity index (χ0) is 19.5. The first-order chi connectivity index (χ1) is 13.6. The third-order valence-electron chi connectivity index (χ3n) is 5.42. The molecule has 2 nitrogen and oxygen atoms in total. The predicted octanol–water partition coefficient (Wildman–Crippen LogP) is 5.95. The Labute approximate surface area is 166 Å². The molecule has 0 amide bonds. The van der Waals surface area contributed by atoms with Crippen molar-refractivity contribution in [3.05, 3.63) is 95.6 Å². The van der Waals surface area contributed by atoms with E-state index in [1.807, 2.05) is 31.2 Å². The van der Waals surface area contributed by atoms with E-state index in [4.69, 9.17) is 4.74 Å². The molecule has 0 bridgehead atoms. The lowest BCUT2D eigenvalue weighted by Gasteiger charge is -2.09. The molecule has 1 atom stereocenters. The zero-order valence-electron chi connectivity index (χ0n) is 16.3. The van der Waals surface area contributed by atoms with E-state index in [-0.39, 0.29) is 11.7 Å². The lowest BCUT2D eigenvalue weighted by atomic mass is 9.98. The van der Waals surface area contributed by atoms with E-state index in [9.17, 15) is 4.79 Å². The van der Waals surface area contributed by atoms with E-state index < -0.39 is 0 Å². The first kappa shape index (κ1) is 18.2. The first-order valence-corrected chi connectivity index (χ1v) is 9.75. The number of hydrogen-bond donors (Lipinski definition) is 0. The van der Waals surface area contributed by atoms with Crippen molar-refractivity contribution in [1.82, 2.24) is 0 Å². The van der Waals surface area contributed by atoms with Crippen molar-refractivity contribution in [2.24, 2.45) is 5.92 Å². The second-order valence-corrected chi connectivity index (χ2v) is 7.38. The molecule has 0 radical (unpaired) electrons. The molecule has 0 aromatic heterocycles. The minimum atomic E-state index is 0.0546. The van der Waals surface area contributed by atoms with Crippen molar-refractivity contribution >= 4 is 11.4 Å². The second kappa shape index (κ2) is 7.85. The first-order valence-electron chi connectivity index (χ1n) is 9.75. The molecule has 1 unspecified atom stereocenters. The Bertz CT molecular complexity index is 981. The molecule has 28 heavy (non-hydrogen) atoms. The monoisotopic (exact) mass is 368 g/mol. The Balaban J connectivity index is 1.48. The van der Waals surface area contributed by atoms with Crippen LogP contribution in [0.2, 0.25) is 0 Å². The number of benzene rings is 3. The van der Waals surface area contributed by atoms with Gasteiger partial charge in [0.1, 0.15) is 18.1 Å². The van der Waals surface area contributed by atoms with Crippen molar-refractivity contribution in [3.63, 3.8) is 0 Å². The smallest absolute Gasteiger partial charge is 0.132 e. The highest BCUT2D eigenvalue weighted by atomic mass is 16.5. The fourth-order valence-corrected chi connectivity index (χ4v) is 3.71. The molecule has 4 rings (SSSR count). The van der Waals surface area contributed by atoms with Gasteiger partial charge in [-0.25, -0.2) is 0 Å². The minimum absolute atomic E-state index is 0.0546. The maximum Gasteiger partial charge on any atom is 0.132 e. The summed E-state index contributed by atoms with van der Waals surface area (Å²) in [5, 5.41) is 0. The molecule has 0 N–H and O–H groups in total. The van der Waals surface area contributed by atoms with Crippen LogP contribution >= 0.6 is 0 Å². The van der Waals surface area contributed by atoms with Crippen molar-refractivity contribution in [2.45, 2.75) is 20.3 Å². The van der Waals surface area contributed by atoms with Gasteiger partial charge < -0.3 is 4.74 Å². The van der Waals surface area contributed by atoms with Gasteiger partial charge in [0.25, 0.3) is 0 Å². The van der Waals surface area contributed by atoms with E-state index in [1.54, 1.807) is 6.92 Å². The third-order valence-corrected chi connectivity index (χ3v) is 5.42. The third kappa shape index (κ3) is 3.63. The second-order valence-electron chi connectivity index (χ2n) is 7.38. The highest BCUT2D eigenvalue weighted by molar-refractivity contribution is 6.01. The summed E-state index contributed by atoms with van der Waals surface area (Å²) in [6.07, 6.45) is 2.93. The van der Waals surface area contributed by atoms with Crippen LogP contribution in [0.1, 0.15) is 30.5 Å². The van der Waals surface area contributed by atoms with E-state index in [2.05, 4.69) is 54.6 Å². The van der Waals surface area contributed by atoms with Crippen LogP contribution in [0.15, 0.2) is 78.9 Å². The van der Waals surface area contributed by atoms with Crippen molar-refractivity contribution in [2.75, 3.05) is 6.61 Å². The number of fused-ring (bicyclic) bond motifs is 3. The minimum Gasteiger partial charge on any atom is -0.490 e. The summed E-state index contributed by atoms with van der Waals surface area (Å²) in [7, 11) is 0. The highest BCUT2D eigenvalue weighted by Gasteiger charge is 2.21. The molecule has 0 spiro atoms. The van der Waals surface area contributed by atoms with Crippen LogP contribution in [0, 0.1) is 5.92 Å². The van der Waals surface area contributed by atoms with Gasteiger partial charge in [0.15, 0.2) is 0 Å². The summed E-state index contributed by atoms with van der Waals surface area (Å²) in [5.74, 6) is 1.12. The van der Waals surface area contributed by atoms with Crippen LogP contribution in [-0.2, 0) is 11.2 Å². The van der Waals surface area contributed by atoms with Gasteiger partial charge in [-0.15, -0.1) is 0 Å². The average Bonchev–Trinajstić information content (AvgIpc) is 3.03. The molecule has 1 aliphatic carbocycles. The van der Waals surface area contributed by atoms with Gasteiger partial charge in [0.05, 0.1) is 0 Å². The van der Waals surface area contributed by atoms with Gasteiger partial charge in [-0.2, -0.15) is 0 Å². The number of hydrogen-bond acceptors (Lipinski definition) is 2. The van der Waals surface area contributed by atoms with Crippen LogP contribution in [0.5, 0.6) is 5.75 Å². The summed E-state index contributed by atoms with van der Waals surface area (Å²) >= 11 is 0.